The smallest absolute Gasteiger partial charge is 0.251 e. The summed E-state index contributed by atoms with van der Waals surface area (Å²) < 4.78 is 5.39. The summed E-state index contributed by atoms with van der Waals surface area (Å²) in [6, 6.07) is 7.74. The van der Waals surface area contributed by atoms with Crippen LogP contribution in [0.5, 0.6) is 5.75 Å². The van der Waals surface area contributed by atoms with Crippen LogP contribution in [0.25, 0.3) is 10.9 Å². The topological polar surface area (TPSA) is 63.6 Å². The van der Waals surface area contributed by atoms with E-state index in [1.165, 1.54) is 0 Å². The average molecular weight is 283 g/mol. The summed E-state index contributed by atoms with van der Waals surface area (Å²) in [7, 11) is 1.63. The van der Waals surface area contributed by atoms with Crippen molar-refractivity contribution in [2.45, 2.75) is 20.8 Å². The molecule has 0 fully saturated rings. The van der Waals surface area contributed by atoms with Crippen molar-refractivity contribution in [3.05, 3.63) is 35.5 Å². The quantitative estimate of drug-likeness (QED) is 0.920. The Hall–Kier alpha value is -2.43. The van der Waals surface area contributed by atoms with E-state index in [4.69, 9.17) is 4.74 Å². The zero-order chi connectivity index (χ0) is 15.2. The second-order valence-electron chi connectivity index (χ2n) is 5.69. The molecule has 108 valence electrons. The number of aromatic nitrogens is 1. The Morgan fingerprint density at radius 3 is 2.57 bits per heavy atom. The number of carbonyl (C=O) groups is 1. The fourth-order valence-electron chi connectivity index (χ4n) is 2.55. The van der Waals surface area contributed by atoms with E-state index in [-0.39, 0.29) is 5.91 Å². The third-order valence-corrected chi connectivity index (χ3v) is 3.86. The molecule has 0 saturated heterocycles. The van der Waals surface area contributed by atoms with Gasteiger partial charge in [0.05, 0.1) is 18.2 Å². The highest BCUT2D eigenvalue weighted by atomic mass is 16.5. The van der Waals surface area contributed by atoms with Crippen molar-refractivity contribution >= 4 is 22.5 Å². The largest absolute Gasteiger partial charge is 0.494 e. The Kier molecular flexibility index (Phi) is 2.93. The molecule has 3 rings (SSSR count). The number of nitrogens with one attached hydrogen (secondary N) is 1. The van der Waals surface area contributed by atoms with Gasteiger partial charge in [-0.2, -0.15) is 5.10 Å². The van der Waals surface area contributed by atoms with E-state index < -0.39 is 5.41 Å². The van der Waals surface area contributed by atoms with E-state index in [0.717, 1.165) is 27.9 Å². The summed E-state index contributed by atoms with van der Waals surface area (Å²) >= 11 is 0. The minimum atomic E-state index is -0.660. The van der Waals surface area contributed by atoms with Crippen molar-refractivity contribution in [2.24, 2.45) is 10.5 Å². The van der Waals surface area contributed by atoms with E-state index in [0.29, 0.717) is 5.75 Å². The molecular formula is C16H17N3O2. The first-order valence-corrected chi connectivity index (χ1v) is 6.78. The van der Waals surface area contributed by atoms with E-state index >= 15 is 0 Å². The van der Waals surface area contributed by atoms with Gasteiger partial charge in [0.2, 0.25) is 0 Å². The second kappa shape index (κ2) is 4.55. The Bertz CT molecular complexity index is 778. The first-order chi connectivity index (χ1) is 9.95. The summed E-state index contributed by atoms with van der Waals surface area (Å²) in [6.45, 7) is 5.67. The molecule has 0 aliphatic carbocycles. The molecule has 1 amide bonds. The fourth-order valence-corrected chi connectivity index (χ4v) is 2.55. The van der Waals surface area contributed by atoms with Crippen LogP contribution in [0.1, 0.15) is 25.1 Å². The number of hydrogen-bond donors (Lipinski definition) is 1. The molecule has 21 heavy (non-hydrogen) atoms. The fraction of sp³-hybridized carbons (Fsp3) is 0.312. The predicted molar refractivity (Wildman–Crippen MR) is 81.5 cm³/mol. The van der Waals surface area contributed by atoms with E-state index in [1.807, 2.05) is 45.0 Å². The van der Waals surface area contributed by atoms with Gasteiger partial charge < -0.3 is 4.74 Å². The maximum atomic E-state index is 11.9. The molecule has 1 aromatic carbocycles. The molecule has 0 saturated carbocycles. The lowest BCUT2D eigenvalue weighted by Crippen LogP contribution is -2.32. The summed E-state index contributed by atoms with van der Waals surface area (Å²) in [6.07, 6.45) is 0. The number of hydrogen-bond acceptors (Lipinski definition) is 4. The van der Waals surface area contributed by atoms with Gasteiger partial charge in [-0.05, 0) is 39.0 Å². The average Bonchev–Trinajstić information content (AvgIpc) is 2.72. The molecule has 1 N–H and O–H groups in total. The number of methoxy groups -OCH3 is 1. The molecule has 1 aromatic heterocycles. The number of nitrogens with zero attached hydrogens (tertiary/aromatic N) is 2. The van der Waals surface area contributed by atoms with Crippen LogP contribution in [0.2, 0.25) is 0 Å². The number of hydrazone groups is 1. The number of rotatable bonds is 2. The molecule has 5 nitrogen and oxygen atoms in total. The molecule has 0 radical (unpaired) electrons. The number of ether oxygens (including phenoxy) is 1. The van der Waals surface area contributed by atoms with E-state index in [1.54, 1.807) is 7.11 Å². The molecule has 2 heterocycles. The van der Waals surface area contributed by atoms with E-state index in [9.17, 15) is 4.79 Å². The number of aryl methyl sites for hydroxylation is 1. The highest BCUT2D eigenvalue weighted by Gasteiger charge is 2.40. The van der Waals surface area contributed by atoms with Crippen molar-refractivity contribution in [1.29, 1.82) is 0 Å². The lowest BCUT2D eigenvalue weighted by molar-refractivity contribution is -0.125. The van der Waals surface area contributed by atoms with Gasteiger partial charge in [-0.15, -0.1) is 0 Å². The van der Waals surface area contributed by atoms with Crippen molar-refractivity contribution in [1.82, 2.24) is 10.4 Å². The number of carbonyl (C=O) groups excluding carboxylic acids is 1. The standard InChI is InChI=1S/C16H17N3O2/c1-9-5-6-10-11(7-8-12(21-4)13(10)17-9)14-16(2,3)15(20)19-18-14/h5-8H,1-4H3,(H,19,20). The highest BCUT2D eigenvalue weighted by molar-refractivity contribution is 6.23. The zero-order valence-electron chi connectivity index (χ0n) is 12.5. The number of amides is 1. The van der Waals surface area contributed by atoms with E-state index in [2.05, 4.69) is 15.5 Å². The Balaban J connectivity index is 2.28. The molecule has 0 unspecified atom stereocenters. The van der Waals surface area contributed by atoms with Gasteiger partial charge in [0, 0.05) is 16.6 Å². The third kappa shape index (κ3) is 1.96. The lowest BCUT2D eigenvalue weighted by Gasteiger charge is -2.18. The van der Waals surface area contributed by atoms with Gasteiger partial charge in [-0.3, -0.25) is 4.79 Å². The Morgan fingerprint density at radius 1 is 1.19 bits per heavy atom. The Morgan fingerprint density at radius 2 is 1.95 bits per heavy atom. The molecule has 1 aliphatic heterocycles. The summed E-state index contributed by atoms with van der Waals surface area (Å²) in [5, 5.41) is 5.15. The number of benzene rings is 1. The van der Waals surface area contributed by atoms with Crippen molar-refractivity contribution < 1.29 is 9.53 Å². The van der Waals surface area contributed by atoms with Gasteiger partial charge >= 0.3 is 0 Å². The molecule has 5 heteroatoms. The van der Waals surface area contributed by atoms with Gasteiger partial charge in [0.1, 0.15) is 11.3 Å². The van der Waals surface area contributed by atoms with Gasteiger partial charge in [-0.1, -0.05) is 6.07 Å². The normalized spacial score (nSPS) is 16.8. The first kappa shape index (κ1) is 13.5. The molecule has 0 spiro atoms. The predicted octanol–water partition coefficient (Wildman–Crippen LogP) is 2.41. The monoisotopic (exact) mass is 283 g/mol. The maximum absolute atomic E-state index is 11.9. The van der Waals surface area contributed by atoms with Crippen molar-refractivity contribution in [3.8, 4) is 5.75 Å². The minimum Gasteiger partial charge on any atom is -0.494 e. The van der Waals surface area contributed by atoms with Crippen LogP contribution in [-0.2, 0) is 4.79 Å². The van der Waals surface area contributed by atoms with Crippen molar-refractivity contribution in [2.75, 3.05) is 7.11 Å². The molecule has 0 atom stereocenters. The van der Waals surface area contributed by atoms with Crippen LogP contribution in [0.3, 0.4) is 0 Å². The third-order valence-electron chi connectivity index (χ3n) is 3.86. The van der Waals surface area contributed by atoms with Crippen LogP contribution in [-0.4, -0.2) is 23.7 Å². The molecule has 0 bridgehead atoms. The minimum absolute atomic E-state index is 0.0958. The van der Waals surface area contributed by atoms with Crippen molar-refractivity contribution in [3.63, 3.8) is 0 Å². The Labute approximate surface area is 123 Å². The zero-order valence-corrected chi connectivity index (χ0v) is 12.5. The number of pyridine rings is 1. The lowest BCUT2D eigenvalue weighted by atomic mass is 9.82. The van der Waals surface area contributed by atoms with Crippen LogP contribution < -0.4 is 10.2 Å². The SMILES string of the molecule is COc1ccc(C2=NNC(=O)C2(C)C)c2ccc(C)nc12. The molecule has 1 aliphatic rings. The van der Waals surface area contributed by atoms with Crippen LogP contribution in [0.4, 0.5) is 0 Å². The summed E-state index contributed by atoms with van der Waals surface area (Å²) in [5.41, 5.74) is 5.23. The number of fused-ring (bicyclic) bond motifs is 1. The second-order valence-corrected chi connectivity index (χ2v) is 5.69. The maximum Gasteiger partial charge on any atom is 0.251 e. The summed E-state index contributed by atoms with van der Waals surface area (Å²) in [4.78, 5) is 16.5. The van der Waals surface area contributed by atoms with Crippen LogP contribution in [0.15, 0.2) is 29.4 Å². The van der Waals surface area contributed by atoms with Crippen LogP contribution in [0, 0.1) is 12.3 Å². The van der Waals surface area contributed by atoms with Crippen LogP contribution >= 0.6 is 0 Å². The van der Waals surface area contributed by atoms with Gasteiger partial charge in [-0.25, -0.2) is 10.4 Å². The first-order valence-electron chi connectivity index (χ1n) is 6.78. The molecular weight excluding hydrogens is 266 g/mol. The molecule has 2 aromatic rings. The summed E-state index contributed by atoms with van der Waals surface area (Å²) in [5.74, 6) is 0.620. The highest BCUT2D eigenvalue weighted by Crippen LogP contribution is 2.33. The van der Waals surface area contributed by atoms with Gasteiger partial charge in [0.25, 0.3) is 5.91 Å². The van der Waals surface area contributed by atoms with Gasteiger partial charge in [0.15, 0.2) is 0 Å².